The van der Waals surface area contributed by atoms with Crippen LogP contribution in [0.15, 0.2) is 27.8 Å². The molecule has 1 N–H and O–H groups in total. The summed E-state index contributed by atoms with van der Waals surface area (Å²) in [5.74, 6) is -0.207. The average molecular weight is 413 g/mol. The third-order valence-electron chi connectivity index (χ3n) is 4.60. The molecule has 152 valence electrons. The summed E-state index contributed by atoms with van der Waals surface area (Å²) in [6, 6.07) is 6.02. The van der Waals surface area contributed by atoms with Gasteiger partial charge in [-0.3, -0.25) is 4.79 Å². The van der Waals surface area contributed by atoms with Crippen molar-refractivity contribution in [2.45, 2.75) is 45.1 Å². The zero-order chi connectivity index (χ0) is 21.3. The number of ether oxygens (including phenoxy) is 1. The first-order chi connectivity index (χ1) is 13.7. The molecule has 0 amide bonds. The van der Waals surface area contributed by atoms with Crippen molar-refractivity contribution in [1.29, 1.82) is 0 Å². The van der Waals surface area contributed by atoms with Crippen LogP contribution >= 0.6 is 11.8 Å². The molecule has 1 atom stereocenters. The molecule has 7 nitrogen and oxygen atoms in total. The molecule has 0 radical (unpaired) electrons. The van der Waals surface area contributed by atoms with Crippen molar-refractivity contribution in [3.05, 3.63) is 51.8 Å². The Hall–Kier alpha value is -2.87. The fraction of sp³-hybridized carbons (Fsp3) is 0.333. The van der Waals surface area contributed by atoms with Crippen molar-refractivity contribution >= 4 is 23.5 Å². The number of esters is 1. The molecule has 0 bridgehead atoms. The van der Waals surface area contributed by atoms with E-state index in [0.717, 1.165) is 16.7 Å². The van der Waals surface area contributed by atoms with Crippen molar-refractivity contribution in [2.75, 3.05) is 7.11 Å². The van der Waals surface area contributed by atoms with Gasteiger partial charge >= 0.3 is 5.97 Å². The molecule has 2 aromatic heterocycles. The SMILES string of the molecule is COC(=O)c1c(C)[nH]c(C(=O)[C@@H](C)Sc2nnc(-c3cc(C)cc(C)c3)o2)c1C. The molecule has 0 unspecified atom stereocenters. The summed E-state index contributed by atoms with van der Waals surface area (Å²) >= 11 is 1.18. The van der Waals surface area contributed by atoms with Crippen molar-refractivity contribution in [1.82, 2.24) is 15.2 Å². The number of benzene rings is 1. The molecule has 0 aliphatic carbocycles. The predicted octanol–water partition coefficient (Wildman–Crippen LogP) is 4.45. The number of carbonyl (C=O) groups is 2. The van der Waals surface area contributed by atoms with E-state index >= 15 is 0 Å². The van der Waals surface area contributed by atoms with Crippen LogP contribution in [0, 0.1) is 27.7 Å². The molecule has 0 fully saturated rings. The number of nitrogens with one attached hydrogen (secondary N) is 1. The number of thioether (sulfide) groups is 1. The van der Waals surface area contributed by atoms with Gasteiger partial charge in [0.1, 0.15) is 0 Å². The van der Waals surface area contributed by atoms with Gasteiger partial charge in [-0.15, -0.1) is 10.2 Å². The minimum absolute atomic E-state index is 0.156. The van der Waals surface area contributed by atoms with Crippen LogP contribution in [0.1, 0.15) is 50.2 Å². The lowest BCUT2D eigenvalue weighted by atomic mass is 10.1. The van der Waals surface area contributed by atoms with E-state index < -0.39 is 11.2 Å². The summed E-state index contributed by atoms with van der Waals surface area (Å²) in [7, 11) is 1.32. The van der Waals surface area contributed by atoms with Gasteiger partial charge in [-0.1, -0.05) is 29.0 Å². The fourth-order valence-electron chi connectivity index (χ4n) is 3.28. The normalized spacial score (nSPS) is 12.1. The molecule has 0 aliphatic rings. The summed E-state index contributed by atoms with van der Waals surface area (Å²) in [5, 5.41) is 8.00. The maximum absolute atomic E-state index is 12.9. The van der Waals surface area contributed by atoms with Gasteiger partial charge < -0.3 is 14.1 Å². The molecule has 0 aliphatic heterocycles. The predicted molar refractivity (Wildman–Crippen MR) is 110 cm³/mol. The second kappa shape index (κ2) is 8.24. The zero-order valence-corrected chi connectivity index (χ0v) is 18.1. The van der Waals surface area contributed by atoms with Gasteiger partial charge in [0.15, 0.2) is 5.78 Å². The Morgan fingerprint density at radius 2 is 1.76 bits per heavy atom. The maximum atomic E-state index is 12.9. The monoisotopic (exact) mass is 413 g/mol. The number of H-pyrrole nitrogens is 1. The summed E-state index contributed by atoms with van der Waals surface area (Å²) < 4.78 is 10.6. The highest BCUT2D eigenvalue weighted by Crippen LogP contribution is 2.30. The van der Waals surface area contributed by atoms with Gasteiger partial charge in [-0.25, -0.2) is 4.79 Å². The van der Waals surface area contributed by atoms with Gasteiger partial charge in [0.2, 0.25) is 5.89 Å². The van der Waals surface area contributed by atoms with Gasteiger partial charge in [0.25, 0.3) is 5.22 Å². The van der Waals surface area contributed by atoms with Crippen LogP contribution in [0.4, 0.5) is 0 Å². The van der Waals surface area contributed by atoms with Gasteiger partial charge in [0.05, 0.1) is 23.6 Å². The van der Waals surface area contributed by atoms with Crippen LogP contribution in [-0.2, 0) is 4.74 Å². The number of methoxy groups -OCH3 is 1. The number of carbonyl (C=O) groups excluding carboxylic acids is 2. The summed E-state index contributed by atoms with van der Waals surface area (Å²) in [4.78, 5) is 27.9. The molecule has 1 aromatic carbocycles. The lowest BCUT2D eigenvalue weighted by molar-refractivity contribution is 0.0599. The third-order valence-corrected chi connectivity index (χ3v) is 5.53. The summed E-state index contributed by atoms with van der Waals surface area (Å²) in [5.41, 5.74) is 5.02. The lowest BCUT2D eigenvalue weighted by Gasteiger charge is -2.07. The molecule has 0 spiro atoms. The molecule has 3 rings (SSSR count). The van der Waals surface area contributed by atoms with Crippen LogP contribution in [0.2, 0.25) is 0 Å². The Bertz CT molecular complexity index is 1060. The number of aromatic nitrogens is 3. The Morgan fingerprint density at radius 1 is 1.10 bits per heavy atom. The van der Waals surface area contributed by atoms with Crippen molar-refractivity contribution in [3.63, 3.8) is 0 Å². The molecular formula is C21H23N3O4S. The van der Waals surface area contributed by atoms with E-state index in [0.29, 0.717) is 33.6 Å². The van der Waals surface area contributed by atoms with Crippen LogP contribution in [0.25, 0.3) is 11.5 Å². The largest absolute Gasteiger partial charge is 0.465 e. The minimum Gasteiger partial charge on any atom is -0.465 e. The smallest absolute Gasteiger partial charge is 0.339 e. The number of aryl methyl sites for hydroxylation is 3. The standard InChI is InChI=1S/C21H23N3O4S/c1-10-7-11(2)9-15(8-10)19-23-24-21(28-19)29-14(5)18(25)17-12(3)16(13(4)22-17)20(26)27-6/h7-9,14,22H,1-6H3/t14-/m1/s1. The maximum Gasteiger partial charge on any atom is 0.339 e. The fourth-order valence-corrected chi connectivity index (χ4v) is 4.03. The van der Waals surface area contributed by atoms with Crippen molar-refractivity contribution in [3.8, 4) is 11.5 Å². The molecule has 3 aromatic rings. The second-order valence-corrected chi connectivity index (χ2v) is 8.28. The number of ketones is 1. The van der Waals surface area contributed by atoms with E-state index in [9.17, 15) is 9.59 Å². The van der Waals surface area contributed by atoms with Gasteiger partial charge in [-0.05, 0) is 52.3 Å². The number of aromatic amines is 1. The molecule has 29 heavy (non-hydrogen) atoms. The Morgan fingerprint density at radius 3 is 2.38 bits per heavy atom. The topological polar surface area (TPSA) is 98.1 Å². The van der Waals surface area contributed by atoms with E-state index in [-0.39, 0.29) is 5.78 Å². The third kappa shape index (κ3) is 4.27. The van der Waals surface area contributed by atoms with Crippen LogP contribution < -0.4 is 0 Å². The van der Waals surface area contributed by atoms with E-state index in [2.05, 4.69) is 21.2 Å². The molecule has 8 heteroatoms. The minimum atomic E-state index is -0.482. The lowest BCUT2D eigenvalue weighted by Crippen LogP contribution is -2.15. The molecule has 0 saturated heterocycles. The van der Waals surface area contributed by atoms with E-state index in [4.69, 9.17) is 9.15 Å². The number of nitrogens with zero attached hydrogens (tertiary/aromatic N) is 2. The molecule has 0 saturated carbocycles. The molecular weight excluding hydrogens is 390 g/mol. The summed E-state index contributed by atoms with van der Waals surface area (Å²) in [6.45, 7) is 9.24. The Balaban J connectivity index is 1.79. The average Bonchev–Trinajstić information content (AvgIpc) is 3.24. The first-order valence-corrected chi connectivity index (χ1v) is 9.99. The summed E-state index contributed by atoms with van der Waals surface area (Å²) in [6.07, 6.45) is 0. The quantitative estimate of drug-likeness (QED) is 0.362. The van der Waals surface area contributed by atoms with Crippen LogP contribution in [-0.4, -0.2) is 39.3 Å². The highest BCUT2D eigenvalue weighted by molar-refractivity contribution is 8.00. The van der Waals surface area contributed by atoms with Crippen LogP contribution in [0.3, 0.4) is 0 Å². The Kier molecular flexibility index (Phi) is 5.93. The van der Waals surface area contributed by atoms with Crippen molar-refractivity contribution < 1.29 is 18.7 Å². The van der Waals surface area contributed by atoms with E-state index in [1.165, 1.54) is 18.9 Å². The van der Waals surface area contributed by atoms with Gasteiger partial charge in [0, 0.05) is 11.3 Å². The first kappa shape index (κ1) is 20.9. The van der Waals surface area contributed by atoms with E-state index in [1.807, 2.05) is 26.0 Å². The number of Topliss-reactive ketones (excluding diaryl/α,β-unsaturated/α-hetero) is 1. The number of rotatable bonds is 6. The zero-order valence-electron chi connectivity index (χ0n) is 17.2. The Labute approximate surface area is 173 Å². The van der Waals surface area contributed by atoms with Crippen LogP contribution in [0.5, 0.6) is 0 Å². The van der Waals surface area contributed by atoms with Crippen molar-refractivity contribution in [2.24, 2.45) is 0 Å². The highest BCUT2D eigenvalue weighted by Gasteiger charge is 2.27. The second-order valence-electron chi connectivity index (χ2n) is 6.99. The van der Waals surface area contributed by atoms with E-state index in [1.54, 1.807) is 20.8 Å². The number of hydrogen-bond acceptors (Lipinski definition) is 7. The van der Waals surface area contributed by atoms with Gasteiger partial charge in [-0.2, -0.15) is 0 Å². The molecule has 2 heterocycles. The number of hydrogen-bond donors (Lipinski definition) is 1. The highest BCUT2D eigenvalue weighted by atomic mass is 32.2. The first-order valence-electron chi connectivity index (χ1n) is 9.11.